The number of nitrogens with one attached hydrogen (secondary N) is 1. The highest BCUT2D eigenvalue weighted by Crippen LogP contribution is 2.20. The molecule has 0 spiro atoms. The molecule has 1 atom stereocenters. The highest BCUT2D eigenvalue weighted by atomic mass is 32.2. The fourth-order valence-corrected chi connectivity index (χ4v) is 2.54. The summed E-state index contributed by atoms with van der Waals surface area (Å²) < 4.78 is 23.0. The third kappa shape index (κ3) is 3.78. The molecule has 0 aromatic heterocycles. The molecule has 1 amide bonds. The fraction of sp³-hybridized carbons (Fsp3) is 0.462. The number of hydrogen-bond donors (Lipinski definition) is 2. The molecule has 1 rings (SSSR count). The van der Waals surface area contributed by atoms with Crippen LogP contribution in [0.5, 0.6) is 0 Å². The molecule has 3 N–H and O–H groups in total. The molecule has 0 fully saturated rings. The van der Waals surface area contributed by atoms with E-state index in [-0.39, 0.29) is 16.8 Å². The van der Waals surface area contributed by atoms with Gasteiger partial charge in [-0.1, -0.05) is 6.92 Å². The number of amides is 1. The minimum absolute atomic E-state index is 0.00167. The van der Waals surface area contributed by atoms with E-state index in [0.717, 1.165) is 12.0 Å². The maximum Gasteiger partial charge on any atom is 0.251 e. The van der Waals surface area contributed by atoms with E-state index >= 15 is 0 Å². The SMILES string of the molecule is CCC(C)NC(=O)c1cc(C)c(C)c(S(N)(=O)=O)c1. The van der Waals surface area contributed by atoms with Gasteiger partial charge >= 0.3 is 0 Å². The molecule has 1 aromatic carbocycles. The zero-order valence-corrected chi connectivity index (χ0v) is 12.5. The lowest BCUT2D eigenvalue weighted by atomic mass is 10.1. The van der Waals surface area contributed by atoms with Gasteiger partial charge in [0.1, 0.15) is 0 Å². The van der Waals surface area contributed by atoms with Crippen LogP contribution < -0.4 is 10.5 Å². The molecule has 0 saturated carbocycles. The smallest absolute Gasteiger partial charge is 0.251 e. The maximum absolute atomic E-state index is 12.0. The number of sulfonamides is 1. The molecule has 19 heavy (non-hydrogen) atoms. The third-order valence-corrected chi connectivity index (χ3v) is 4.22. The van der Waals surface area contributed by atoms with Crippen LogP contribution in [-0.4, -0.2) is 20.4 Å². The summed E-state index contributed by atoms with van der Waals surface area (Å²) in [4.78, 5) is 12.0. The molecular formula is C13H20N2O3S. The highest BCUT2D eigenvalue weighted by molar-refractivity contribution is 7.89. The van der Waals surface area contributed by atoms with Gasteiger partial charge in [0.2, 0.25) is 10.0 Å². The van der Waals surface area contributed by atoms with Crippen molar-refractivity contribution < 1.29 is 13.2 Å². The van der Waals surface area contributed by atoms with E-state index in [9.17, 15) is 13.2 Å². The van der Waals surface area contributed by atoms with E-state index in [1.165, 1.54) is 6.07 Å². The molecule has 0 aliphatic heterocycles. The first kappa shape index (κ1) is 15.7. The lowest BCUT2D eigenvalue weighted by molar-refractivity contribution is 0.0939. The molecule has 6 heteroatoms. The van der Waals surface area contributed by atoms with Gasteiger partial charge in [0.15, 0.2) is 0 Å². The van der Waals surface area contributed by atoms with E-state index in [4.69, 9.17) is 5.14 Å². The molecule has 0 saturated heterocycles. The molecule has 5 nitrogen and oxygen atoms in total. The van der Waals surface area contributed by atoms with Gasteiger partial charge in [0.05, 0.1) is 4.90 Å². The van der Waals surface area contributed by atoms with Crippen molar-refractivity contribution in [1.82, 2.24) is 5.32 Å². The van der Waals surface area contributed by atoms with Crippen molar-refractivity contribution in [1.29, 1.82) is 0 Å². The van der Waals surface area contributed by atoms with Crippen molar-refractivity contribution in [2.24, 2.45) is 5.14 Å². The molecule has 0 bridgehead atoms. The van der Waals surface area contributed by atoms with Crippen LogP contribution in [0.2, 0.25) is 0 Å². The van der Waals surface area contributed by atoms with Crippen LogP contribution >= 0.6 is 0 Å². The monoisotopic (exact) mass is 284 g/mol. The van der Waals surface area contributed by atoms with Gasteiger partial charge in [-0.05, 0) is 50.5 Å². The minimum atomic E-state index is -3.83. The second-order valence-electron chi connectivity index (χ2n) is 4.74. The Morgan fingerprint density at radius 1 is 1.37 bits per heavy atom. The molecule has 0 aliphatic carbocycles. The summed E-state index contributed by atoms with van der Waals surface area (Å²) in [6.07, 6.45) is 0.804. The molecule has 0 radical (unpaired) electrons. The lowest BCUT2D eigenvalue weighted by Crippen LogP contribution is -2.32. The van der Waals surface area contributed by atoms with Crippen molar-refractivity contribution in [3.63, 3.8) is 0 Å². The Balaban J connectivity index is 3.25. The number of primary sulfonamides is 1. The summed E-state index contributed by atoms with van der Waals surface area (Å²) in [5, 5.41) is 7.96. The molecule has 1 aromatic rings. The standard InChI is InChI=1S/C13H20N2O3S/c1-5-9(3)15-13(16)11-6-8(2)10(4)12(7-11)19(14,17)18/h6-7,9H,5H2,1-4H3,(H,15,16)(H2,14,17,18). The predicted octanol–water partition coefficient (Wildman–Crippen LogP) is 1.48. The normalized spacial score (nSPS) is 13.1. The van der Waals surface area contributed by atoms with Crippen LogP contribution in [0.25, 0.3) is 0 Å². The number of carbonyl (C=O) groups is 1. The van der Waals surface area contributed by atoms with Crippen molar-refractivity contribution in [3.05, 3.63) is 28.8 Å². The van der Waals surface area contributed by atoms with Crippen LogP contribution in [0.15, 0.2) is 17.0 Å². The number of carbonyl (C=O) groups excluding carboxylic acids is 1. The average molecular weight is 284 g/mol. The van der Waals surface area contributed by atoms with Crippen LogP contribution in [0.4, 0.5) is 0 Å². The minimum Gasteiger partial charge on any atom is -0.350 e. The van der Waals surface area contributed by atoms with Gasteiger partial charge in [-0.3, -0.25) is 4.79 Å². The summed E-state index contributed by atoms with van der Waals surface area (Å²) >= 11 is 0. The first-order chi connectivity index (χ1) is 8.66. The van der Waals surface area contributed by atoms with Crippen molar-refractivity contribution in [2.75, 3.05) is 0 Å². The molecule has 0 heterocycles. The molecular weight excluding hydrogens is 264 g/mol. The number of nitrogens with two attached hydrogens (primary N) is 1. The van der Waals surface area contributed by atoms with Gasteiger partial charge in [0, 0.05) is 11.6 Å². The Morgan fingerprint density at radius 2 is 1.95 bits per heavy atom. The van der Waals surface area contributed by atoms with Crippen molar-refractivity contribution in [2.45, 2.75) is 45.1 Å². The number of benzene rings is 1. The van der Waals surface area contributed by atoms with Crippen LogP contribution in [0.1, 0.15) is 41.8 Å². The topological polar surface area (TPSA) is 89.3 Å². The second-order valence-corrected chi connectivity index (χ2v) is 6.27. The highest BCUT2D eigenvalue weighted by Gasteiger charge is 2.18. The summed E-state index contributed by atoms with van der Waals surface area (Å²) in [5.41, 5.74) is 1.61. The van der Waals surface area contributed by atoms with Gasteiger partial charge < -0.3 is 5.32 Å². The van der Waals surface area contributed by atoms with Crippen LogP contribution in [0, 0.1) is 13.8 Å². The first-order valence-corrected chi connectivity index (χ1v) is 7.66. The Labute approximate surface area is 114 Å². The Morgan fingerprint density at radius 3 is 2.42 bits per heavy atom. The molecule has 0 aliphatic rings. The second kappa shape index (κ2) is 5.71. The molecule has 1 unspecified atom stereocenters. The average Bonchev–Trinajstić information content (AvgIpc) is 2.30. The van der Waals surface area contributed by atoms with E-state index in [1.54, 1.807) is 19.9 Å². The molecule has 106 valence electrons. The number of hydrogen-bond acceptors (Lipinski definition) is 3. The van der Waals surface area contributed by atoms with Crippen LogP contribution in [0.3, 0.4) is 0 Å². The maximum atomic E-state index is 12.0. The Bertz CT molecular complexity index is 594. The third-order valence-electron chi connectivity index (χ3n) is 3.18. The van der Waals surface area contributed by atoms with Gasteiger partial charge in [-0.15, -0.1) is 0 Å². The lowest BCUT2D eigenvalue weighted by Gasteiger charge is -2.14. The summed E-state index contributed by atoms with van der Waals surface area (Å²) in [5.74, 6) is -0.289. The summed E-state index contributed by atoms with van der Waals surface area (Å²) in [6.45, 7) is 7.27. The summed E-state index contributed by atoms with van der Waals surface area (Å²) in [6, 6.07) is 3.03. The van der Waals surface area contributed by atoms with Gasteiger partial charge in [0.25, 0.3) is 5.91 Å². The predicted molar refractivity (Wildman–Crippen MR) is 74.5 cm³/mol. The van der Waals surface area contributed by atoms with Crippen LogP contribution in [-0.2, 0) is 10.0 Å². The summed E-state index contributed by atoms with van der Waals surface area (Å²) in [7, 11) is -3.83. The van der Waals surface area contributed by atoms with Crippen molar-refractivity contribution >= 4 is 15.9 Å². The largest absolute Gasteiger partial charge is 0.350 e. The number of rotatable bonds is 4. The first-order valence-electron chi connectivity index (χ1n) is 6.11. The Hall–Kier alpha value is -1.40. The number of aryl methyl sites for hydroxylation is 1. The fourth-order valence-electron chi connectivity index (χ4n) is 1.66. The van der Waals surface area contributed by atoms with E-state index in [1.807, 2.05) is 13.8 Å². The van der Waals surface area contributed by atoms with Gasteiger partial charge in [-0.2, -0.15) is 0 Å². The van der Waals surface area contributed by atoms with Crippen molar-refractivity contribution in [3.8, 4) is 0 Å². The van der Waals surface area contributed by atoms with E-state index < -0.39 is 10.0 Å². The Kier molecular flexibility index (Phi) is 4.70. The van der Waals surface area contributed by atoms with Gasteiger partial charge in [-0.25, -0.2) is 13.6 Å². The van der Waals surface area contributed by atoms with E-state index in [0.29, 0.717) is 11.1 Å². The zero-order chi connectivity index (χ0) is 14.8. The zero-order valence-electron chi connectivity index (χ0n) is 11.6. The quantitative estimate of drug-likeness (QED) is 0.877. The van der Waals surface area contributed by atoms with E-state index in [2.05, 4.69) is 5.32 Å².